The van der Waals surface area contributed by atoms with E-state index in [0.717, 1.165) is 32.6 Å². The van der Waals surface area contributed by atoms with Crippen molar-refractivity contribution in [2.75, 3.05) is 39.3 Å². The van der Waals surface area contributed by atoms with Gasteiger partial charge in [-0.3, -0.25) is 0 Å². The third-order valence-electron chi connectivity index (χ3n) is 5.27. The standard InChI is InChI=1S/C16H22N2O/c19-15-14-9-17-6-7-18(10-14)12-16(15,11-17)8-13-4-2-1-3-5-13/h1-5,14-15,19H,6-12H2/t14?,15-,16?/m1/s1. The quantitative estimate of drug-likeness (QED) is 0.851. The van der Waals surface area contributed by atoms with E-state index in [-0.39, 0.29) is 11.5 Å². The van der Waals surface area contributed by atoms with Gasteiger partial charge in [-0.2, -0.15) is 0 Å². The Labute approximate surface area is 114 Å². The van der Waals surface area contributed by atoms with Gasteiger partial charge in [0.2, 0.25) is 0 Å². The summed E-state index contributed by atoms with van der Waals surface area (Å²) in [4.78, 5) is 5.15. The molecule has 3 atom stereocenters. The molecule has 5 rings (SSSR count). The van der Waals surface area contributed by atoms with Crippen molar-refractivity contribution in [3.05, 3.63) is 35.9 Å². The first-order valence-electron chi connectivity index (χ1n) is 7.42. The Morgan fingerprint density at radius 1 is 1.05 bits per heavy atom. The van der Waals surface area contributed by atoms with Gasteiger partial charge in [0.15, 0.2) is 0 Å². The summed E-state index contributed by atoms with van der Waals surface area (Å²) in [6.07, 6.45) is 0.886. The molecule has 19 heavy (non-hydrogen) atoms. The first kappa shape index (κ1) is 11.9. The highest BCUT2D eigenvalue weighted by Crippen LogP contribution is 2.42. The second-order valence-corrected chi connectivity index (χ2v) is 6.70. The lowest BCUT2D eigenvalue weighted by molar-refractivity contribution is -0.116. The topological polar surface area (TPSA) is 26.7 Å². The number of piperidine rings is 2. The molecule has 1 aromatic carbocycles. The fourth-order valence-corrected chi connectivity index (χ4v) is 4.52. The van der Waals surface area contributed by atoms with Crippen molar-refractivity contribution < 1.29 is 5.11 Å². The Balaban J connectivity index is 1.68. The summed E-state index contributed by atoms with van der Waals surface area (Å²) in [7, 11) is 0. The molecule has 4 aliphatic heterocycles. The Hall–Kier alpha value is -0.900. The van der Waals surface area contributed by atoms with Crippen LogP contribution in [-0.2, 0) is 6.42 Å². The van der Waals surface area contributed by atoms with E-state index in [0.29, 0.717) is 5.92 Å². The van der Waals surface area contributed by atoms with Gasteiger partial charge >= 0.3 is 0 Å². The fourth-order valence-electron chi connectivity index (χ4n) is 4.52. The predicted octanol–water partition coefficient (Wildman–Crippen LogP) is 0.837. The molecular weight excluding hydrogens is 236 g/mol. The zero-order chi connectivity index (χ0) is 12.9. The first-order chi connectivity index (χ1) is 9.25. The van der Waals surface area contributed by atoms with Gasteiger partial charge in [-0.05, 0) is 12.0 Å². The predicted molar refractivity (Wildman–Crippen MR) is 75.0 cm³/mol. The Kier molecular flexibility index (Phi) is 2.69. The van der Waals surface area contributed by atoms with Gasteiger partial charge in [0, 0.05) is 50.6 Å². The minimum Gasteiger partial charge on any atom is -0.392 e. The Morgan fingerprint density at radius 2 is 1.68 bits per heavy atom. The van der Waals surface area contributed by atoms with Gasteiger partial charge < -0.3 is 14.9 Å². The highest BCUT2D eigenvalue weighted by molar-refractivity contribution is 5.20. The van der Waals surface area contributed by atoms with Crippen LogP contribution in [0.5, 0.6) is 0 Å². The normalized spacial score (nSPS) is 44.3. The lowest BCUT2D eigenvalue weighted by Gasteiger charge is -2.53. The molecule has 0 amide bonds. The van der Waals surface area contributed by atoms with Gasteiger partial charge in [-0.1, -0.05) is 30.3 Å². The molecule has 3 heteroatoms. The number of hydrogen-bond donors (Lipinski definition) is 1. The van der Waals surface area contributed by atoms with Crippen LogP contribution in [0, 0.1) is 11.3 Å². The third-order valence-corrected chi connectivity index (χ3v) is 5.27. The summed E-state index contributed by atoms with van der Waals surface area (Å²) >= 11 is 0. The number of benzene rings is 1. The smallest absolute Gasteiger partial charge is 0.0676 e. The maximum absolute atomic E-state index is 10.8. The molecule has 0 aromatic heterocycles. The average Bonchev–Trinajstić information content (AvgIpc) is 2.65. The minimum atomic E-state index is -0.127. The summed E-state index contributed by atoms with van der Waals surface area (Å²) in [6, 6.07) is 10.7. The van der Waals surface area contributed by atoms with E-state index in [1.54, 1.807) is 0 Å². The molecule has 4 heterocycles. The van der Waals surface area contributed by atoms with E-state index in [2.05, 4.69) is 40.1 Å². The average molecular weight is 258 g/mol. The SMILES string of the molecule is O[C@@H]1C2CN3CCN(C2)CC1(Cc1ccccc1)C3. The molecule has 102 valence electrons. The van der Waals surface area contributed by atoms with Crippen molar-refractivity contribution in [1.29, 1.82) is 0 Å². The van der Waals surface area contributed by atoms with Crippen LogP contribution in [0.4, 0.5) is 0 Å². The number of hydrogen-bond acceptors (Lipinski definition) is 3. The van der Waals surface area contributed by atoms with E-state index < -0.39 is 0 Å². The van der Waals surface area contributed by atoms with E-state index in [4.69, 9.17) is 0 Å². The molecule has 4 saturated heterocycles. The maximum Gasteiger partial charge on any atom is 0.0676 e. The van der Waals surface area contributed by atoms with E-state index in [9.17, 15) is 5.11 Å². The van der Waals surface area contributed by atoms with Gasteiger partial charge in [-0.25, -0.2) is 0 Å². The van der Waals surface area contributed by atoms with E-state index in [1.165, 1.54) is 18.7 Å². The van der Waals surface area contributed by atoms with Crippen molar-refractivity contribution >= 4 is 0 Å². The molecule has 4 bridgehead atoms. The van der Waals surface area contributed by atoms with Crippen LogP contribution in [0.3, 0.4) is 0 Å². The van der Waals surface area contributed by atoms with Gasteiger partial charge in [0.05, 0.1) is 6.10 Å². The minimum absolute atomic E-state index is 0.0546. The molecule has 0 aliphatic carbocycles. The molecule has 2 unspecified atom stereocenters. The molecule has 3 nitrogen and oxygen atoms in total. The third kappa shape index (κ3) is 1.92. The summed E-state index contributed by atoms with van der Waals surface area (Å²) < 4.78 is 0. The largest absolute Gasteiger partial charge is 0.392 e. The van der Waals surface area contributed by atoms with Crippen molar-refractivity contribution in [2.24, 2.45) is 11.3 Å². The van der Waals surface area contributed by atoms with Crippen molar-refractivity contribution in [3.63, 3.8) is 0 Å². The number of aliphatic hydroxyl groups is 1. The molecule has 0 spiro atoms. The Morgan fingerprint density at radius 3 is 2.32 bits per heavy atom. The summed E-state index contributed by atoms with van der Waals surface area (Å²) in [5, 5.41) is 10.8. The van der Waals surface area contributed by atoms with Crippen molar-refractivity contribution in [2.45, 2.75) is 12.5 Å². The van der Waals surface area contributed by atoms with Crippen LogP contribution in [0.1, 0.15) is 5.56 Å². The van der Waals surface area contributed by atoms with Crippen LogP contribution in [0.25, 0.3) is 0 Å². The summed E-state index contributed by atoms with van der Waals surface area (Å²) in [5.41, 5.74) is 1.42. The van der Waals surface area contributed by atoms with Crippen LogP contribution in [-0.4, -0.2) is 60.3 Å². The number of fused-ring (bicyclic) bond motifs is 1. The molecule has 0 saturated carbocycles. The summed E-state index contributed by atoms with van der Waals surface area (Å²) in [6.45, 7) is 6.67. The fraction of sp³-hybridized carbons (Fsp3) is 0.625. The first-order valence-corrected chi connectivity index (χ1v) is 7.42. The van der Waals surface area contributed by atoms with Crippen molar-refractivity contribution in [3.8, 4) is 0 Å². The van der Waals surface area contributed by atoms with Gasteiger partial charge in [-0.15, -0.1) is 0 Å². The monoisotopic (exact) mass is 258 g/mol. The zero-order valence-corrected chi connectivity index (χ0v) is 11.3. The second kappa shape index (κ2) is 4.30. The van der Waals surface area contributed by atoms with Crippen LogP contribution in [0.2, 0.25) is 0 Å². The lowest BCUT2D eigenvalue weighted by atomic mass is 9.67. The van der Waals surface area contributed by atoms with Crippen LogP contribution in [0.15, 0.2) is 30.3 Å². The maximum atomic E-state index is 10.8. The molecule has 1 N–H and O–H groups in total. The lowest BCUT2D eigenvalue weighted by Crippen LogP contribution is -2.64. The van der Waals surface area contributed by atoms with Crippen LogP contribution < -0.4 is 0 Å². The highest BCUT2D eigenvalue weighted by atomic mass is 16.3. The highest BCUT2D eigenvalue weighted by Gasteiger charge is 2.53. The van der Waals surface area contributed by atoms with Gasteiger partial charge in [0.1, 0.15) is 0 Å². The molecule has 4 aliphatic rings. The Bertz CT molecular complexity index is 445. The molecule has 4 fully saturated rings. The number of aliphatic hydroxyl groups excluding tert-OH is 1. The summed E-state index contributed by atoms with van der Waals surface area (Å²) in [5.74, 6) is 0.453. The number of rotatable bonds is 2. The molecule has 0 radical (unpaired) electrons. The van der Waals surface area contributed by atoms with Gasteiger partial charge in [0.25, 0.3) is 0 Å². The number of nitrogens with zero attached hydrogens (tertiary/aromatic N) is 2. The van der Waals surface area contributed by atoms with E-state index in [1.807, 2.05) is 0 Å². The van der Waals surface area contributed by atoms with E-state index >= 15 is 0 Å². The molecule has 1 aromatic rings. The zero-order valence-electron chi connectivity index (χ0n) is 11.3. The second-order valence-electron chi connectivity index (χ2n) is 6.70. The van der Waals surface area contributed by atoms with Crippen molar-refractivity contribution in [1.82, 2.24) is 9.80 Å². The molecular formula is C16H22N2O. The van der Waals surface area contributed by atoms with Crippen LogP contribution >= 0.6 is 0 Å².